The van der Waals surface area contributed by atoms with Crippen molar-refractivity contribution >= 4 is 21.6 Å². The second-order valence-corrected chi connectivity index (χ2v) is 5.32. The van der Waals surface area contributed by atoms with Crippen LogP contribution in [-0.4, -0.2) is 21.8 Å². The van der Waals surface area contributed by atoms with E-state index in [9.17, 15) is 4.79 Å². The van der Waals surface area contributed by atoms with Crippen molar-refractivity contribution in [3.8, 4) is 5.88 Å². The number of hydrogen-bond acceptors (Lipinski definition) is 6. The largest absolute Gasteiger partial charge is 0.479 e. The van der Waals surface area contributed by atoms with E-state index < -0.39 is 0 Å². The average Bonchev–Trinajstić information content (AvgIpc) is 2.99. The van der Waals surface area contributed by atoms with Gasteiger partial charge in [-0.25, -0.2) is 4.98 Å². The molecule has 0 aliphatic heterocycles. The topological polar surface area (TPSA) is 70.2 Å². The zero-order valence-corrected chi connectivity index (χ0v) is 11.2. The summed E-state index contributed by atoms with van der Waals surface area (Å²) >= 11 is 1.51. The first kappa shape index (κ1) is 11.9. The minimum absolute atomic E-state index is 0.0790. The number of aromatic nitrogens is 3. The minimum atomic E-state index is -0.0790. The van der Waals surface area contributed by atoms with E-state index in [4.69, 9.17) is 9.26 Å². The summed E-state index contributed by atoms with van der Waals surface area (Å²) in [5, 5.41) is 4.33. The number of rotatable bonds is 3. The van der Waals surface area contributed by atoms with E-state index in [2.05, 4.69) is 10.1 Å². The number of nitrogens with zero attached hydrogens (tertiary/aromatic N) is 3. The summed E-state index contributed by atoms with van der Waals surface area (Å²) in [6, 6.07) is 3.50. The smallest absolute Gasteiger partial charge is 0.262 e. The van der Waals surface area contributed by atoms with Crippen LogP contribution in [0.5, 0.6) is 5.88 Å². The van der Waals surface area contributed by atoms with Gasteiger partial charge in [0.05, 0.1) is 25.4 Å². The first-order valence-electron chi connectivity index (χ1n) is 5.62. The lowest BCUT2D eigenvalue weighted by Crippen LogP contribution is -2.20. The molecule has 0 aliphatic carbocycles. The number of thiophene rings is 1. The third-order valence-electron chi connectivity index (χ3n) is 2.71. The molecule has 3 aromatic heterocycles. The third-order valence-corrected chi connectivity index (χ3v) is 3.67. The maximum atomic E-state index is 12.3. The SMILES string of the molecule is COc1cc(Cn2cnc3sc(C)cc3c2=O)on1. The summed E-state index contributed by atoms with van der Waals surface area (Å²) in [6.45, 7) is 2.24. The zero-order valence-electron chi connectivity index (χ0n) is 10.4. The third kappa shape index (κ3) is 2.12. The van der Waals surface area contributed by atoms with Gasteiger partial charge in [-0.05, 0) is 18.1 Å². The molecular weight excluding hydrogens is 266 g/mol. The monoisotopic (exact) mass is 277 g/mol. The van der Waals surface area contributed by atoms with Gasteiger partial charge >= 0.3 is 0 Å². The van der Waals surface area contributed by atoms with E-state index in [1.807, 2.05) is 13.0 Å². The van der Waals surface area contributed by atoms with E-state index in [1.165, 1.54) is 29.3 Å². The lowest BCUT2D eigenvalue weighted by Gasteiger charge is -2.01. The molecule has 0 N–H and O–H groups in total. The molecule has 0 fully saturated rings. The van der Waals surface area contributed by atoms with Crippen LogP contribution in [0, 0.1) is 6.92 Å². The van der Waals surface area contributed by atoms with Gasteiger partial charge in [-0.1, -0.05) is 0 Å². The quantitative estimate of drug-likeness (QED) is 0.730. The maximum absolute atomic E-state index is 12.3. The number of aryl methyl sites for hydroxylation is 1. The number of fused-ring (bicyclic) bond motifs is 1. The fraction of sp³-hybridized carbons (Fsp3) is 0.250. The Kier molecular flexibility index (Phi) is 2.83. The van der Waals surface area contributed by atoms with E-state index >= 15 is 0 Å². The van der Waals surface area contributed by atoms with Gasteiger partial charge in [0, 0.05) is 10.9 Å². The van der Waals surface area contributed by atoms with E-state index in [0.29, 0.717) is 17.0 Å². The molecule has 0 atom stereocenters. The average molecular weight is 277 g/mol. The van der Waals surface area contributed by atoms with E-state index in [1.54, 1.807) is 6.07 Å². The fourth-order valence-electron chi connectivity index (χ4n) is 1.83. The Balaban J connectivity index is 2.00. The second kappa shape index (κ2) is 4.51. The van der Waals surface area contributed by atoms with Crippen molar-refractivity contribution in [1.29, 1.82) is 0 Å². The highest BCUT2D eigenvalue weighted by Gasteiger charge is 2.10. The van der Waals surface area contributed by atoms with Gasteiger partial charge in [-0.3, -0.25) is 9.36 Å². The Labute approximate surface area is 112 Å². The van der Waals surface area contributed by atoms with Crippen LogP contribution >= 0.6 is 11.3 Å². The van der Waals surface area contributed by atoms with E-state index in [0.717, 1.165) is 9.71 Å². The lowest BCUT2D eigenvalue weighted by molar-refractivity contribution is 0.323. The van der Waals surface area contributed by atoms with Gasteiger partial charge in [0.25, 0.3) is 11.4 Å². The van der Waals surface area contributed by atoms with Crippen LogP contribution in [0.1, 0.15) is 10.6 Å². The highest BCUT2D eigenvalue weighted by atomic mass is 32.1. The van der Waals surface area contributed by atoms with Crippen LogP contribution in [0.15, 0.2) is 27.8 Å². The summed E-state index contributed by atoms with van der Waals surface area (Å²) < 4.78 is 11.5. The molecule has 0 saturated carbocycles. The Bertz CT molecular complexity index is 787. The Morgan fingerprint density at radius 2 is 2.32 bits per heavy atom. The molecule has 6 nitrogen and oxygen atoms in total. The molecule has 0 bridgehead atoms. The van der Waals surface area contributed by atoms with Crippen LogP contribution in [0.3, 0.4) is 0 Å². The van der Waals surface area contributed by atoms with Crippen molar-refractivity contribution in [1.82, 2.24) is 14.7 Å². The molecule has 3 rings (SSSR count). The summed E-state index contributed by atoms with van der Waals surface area (Å²) in [7, 11) is 1.51. The van der Waals surface area contributed by atoms with Crippen molar-refractivity contribution in [3.63, 3.8) is 0 Å². The van der Waals surface area contributed by atoms with Crippen LogP contribution in [0.4, 0.5) is 0 Å². The summed E-state index contributed by atoms with van der Waals surface area (Å²) in [5.74, 6) is 0.940. The molecule has 3 aromatic rings. The molecule has 0 saturated heterocycles. The molecule has 0 amide bonds. The van der Waals surface area contributed by atoms with Crippen molar-refractivity contribution in [2.45, 2.75) is 13.5 Å². The standard InChI is InChI=1S/C12H11N3O3S/c1-7-3-9-11(19-7)13-6-15(12(9)16)5-8-4-10(17-2)14-18-8/h3-4,6H,5H2,1-2H3. The Morgan fingerprint density at radius 1 is 1.47 bits per heavy atom. The van der Waals surface area contributed by atoms with Crippen LogP contribution < -0.4 is 10.3 Å². The molecular formula is C12H11N3O3S. The van der Waals surface area contributed by atoms with Crippen LogP contribution in [-0.2, 0) is 6.54 Å². The highest BCUT2D eigenvalue weighted by molar-refractivity contribution is 7.18. The Morgan fingerprint density at radius 3 is 3.05 bits per heavy atom. The maximum Gasteiger partial charge on any atom is 0.262 e. The van der Waals surface area contributed by atoms with Gasteiger partial charge in [0.15, 0.2) is 5.76 Å². The van der Waals surface area contributed by atoms with Crippen molar-refractivity contribution < 1.29 is 9.26 Å². The lowest BCUT2D eigenvalue weighted by atomic mass is 10.3. The molecule has 0 unspecified atom stereocenters. The molecule has 7 heteroatoms. The minimum Gasteiger partial charge on any atom is -0.479 e. The van der Waals surface area contributed by atoms with Crippen LogP contribution in [0.25, 0.3) is 10.2 Å². The normalized spacial score (nSPS) is 11.1. The first-order chi connectivity index (χ1) is 9.17. The predicted octanol–water partition coefficient (Wildman–Crippen LogP) is 1.81. The molecule has 19 heavy (non-hydrogen) atoms. The number of ether oxygens (including phenoxy) is 1. The van der Waals surface area contributed by atoms with Gasteiger partial charge in [-0.2, -0.15) is 0 Å². The fourth-order valence-corrected chi connectivity index (χ4v) is 2.66. The Hall–Kier alpha value is -2.15. The van der Waals surface area contributed by atoms with Crippen molar-refractivity contribution in [3.05, 3.63) is 39.5 Å². The van der Waals surface area contributed by atoms with Gasteiger partial charge < -0.3 is 9.26 Å². The van der Waals surface area contributed by atoms with Crippen molar-refractivity contribution in [2.75, 3.05) is 7.11 Å². The summed E-state index contributed by atoms with van der Waals surface area (Å²) in [4.78, 5) is 18.4. The molecule has 0 radical (unpaired) electrons. The number of hydrogen-bond donors (Lipinski definition) is 0. The predicted molar refractivity (Wildman–Crippen MR) is 70.8 cm³/mol. The number of methoxy groups -OCH3 is 1. The molecule has 3 heterocycles. The molecule has 0 aliphatic rings. The highest BCUT2D eigenvalue weighted by Crippen LogP contribution is 2.19. The molecule has 0 aromatic carbocycles. The van der Waals surface area contributed by atoms with E-state index in [-0.39, 0.29) is 12.1 Å². The van der Waals surface area contributed by atoms with Crippen LogP contribution in [0.2, 0.25) is 0 Å². The summed E-state index contributed by atoms with van der Waals surface area (Å²) in [5.41, 5.74) is -0.0790. The zero-order chi connectivity index (χ0) is 13.4. The molecule has 98 valence electrons. The van der Waals surface area contributed by atoms with Crippen molar-refractivity contribution in [2.24, 2.45) is 0 Å². The summed E-state index contributed by atoms with van der Waals surface area (Å²) in [6.07, 6.45) is 1.52. The molecule has 0 spiro atoms. The first-order valence-corrected chi connectivity index (χ1v) is 6.44. The van der Waals surface area contributed by atoms with Gasteiger partial charge in [-0.15, -0.1) is 11.3 Å². The van der Waals surface area contributed by atoms with Gasteiger partial charge in [0.2, 0.25) is 0 Å². The van der Waals surface area contributed by atoms with Gasteiger partial charge in [0.1, 0.15) is 4.83 Å². The second-order valence-electron chi connectivity index (χ2n) is 4.09.